The molecule has 0 aromatic carbocycles. The molecule has 80 valence electrons. The maximum atomic E-state index is 8.63. The molecule has 0 aliphatic heterocycles. The Bertz CT molecular complexity index is 253. The normalized spacial score (nSPS) is 36.1. The van der Waals surface area contributed by atoms with E-state index in [0.29, 0.717) is 11.3 Å². The molecule has 1 aliphatic carbocycles. The van der Waals surface area contributed by atoms with Gasteiger partial charge >= 0.3 is 0 Å². The topological polar surface area (TPSA) is 48.8 Å². The molecule has 0 aromatic rings. The van der Waals surface area contributed by atoms with Crippen LogP contribution in [0.2, 0.25) is 0 Å². The Hall–Kier alpha value is -0.690. The van der Waals surface area contributed by atoms with Crippen molar-refractivity contribution in [2.45, 2.75) is 58.9 Å². The van der Waals surface area contributed by atoms with Crippen molar-refractivity contribution in [3.63, 3.8) is 0 Å². The minimum Gasteiger partial charge on any atom is -0.0872 e. The third-order valence-electron chi connectivity index (χ3n) is 3.35. The van der Waals surface area contributed by atoms with E-state index in [9.17, 15) is 0 Å². The van der Waals surface area contributed by atoms with Gasteiger partial charge in [-0.05, 0) is 42.5 Å². The smallest absolute Gasteiger partial charge is 0.0493 e. The Morgan fingerprint density at radius 1 is 1.43 bits per heavy atom. The summed E-state index contributed by atoms with van der Waals surface area (Å²) in [5.74, 6) is 0.671. The van der Waals surface area contributed by atoms with Gasteiger partial charge in [0.2, 0.25) is 0 Å². The number of hydrogen-bond acceptors (Lipinski definition) is 1. The lowest BCUT2D eigenvalue weighted by Gasteiger charge is -2.44. The Morgan fingerprint density at radius 3 is 2.50 bits per heavy atom. The monoisotopic (exact) mass is 195 g/mol. The van der Waals surface area contributed by atoms with Gasteiger partial charge in [-0.3, -0.25) is 0 Å². The second-order valence-electron chi connectivity index (χ2n) is 5.62. The fourth-order valence-electron chi connectivity index (χ4n) is 3.21. The van der Waals surface area contributed by atoms with Crippen molar-refractivity contribution in [2.75, 3.05) is 0 Å². The van der Waals surface area contributed by atoms with E-state index >= 15 is 0 Å². The van der Waals surface area contributed by atoms with Gasteiger partial charge < -0.3 is 0 Å². The number of hydrogen-bond donors (Lipinski definition) is 0. The highest BCUT2D eigenvalue weighted by Gasteiger charge is 2.41. The molecule has 2 atom stereocenters. The van der Waals surface area contributed by atoms with E-state index in [4.69, 9.17) is 5.53 Å². The maximum absolute atomic E-state index is 8.63. The zero-order valence-electron chi connectivity index (χ0n) is 9.75. The number of azide groups is 1. The molecular weight excluding hydrogens is 174 g/mol. The first-order chi connectivity index (χ1) is 6.43. The van der Waals surface area contributed by atoms with Crippen LogP contribution in [0, 0.1) is 11.3 Å². The van der Waals surface area contributed by atoms with Crippen LogP contribution in [0.3, 0.4) is 0 Å². The summed E-state index contributed by atoms with van der Waals surface area (Å²) in [4.78, 5) is 3.03. The van der Waals surface area contributed by atoms with E-state index in [1.54, 1.807) is 0 Å². The van der Waals surface area contributed by atoms with Gasteiger partial charge in [-0.25, -0.2) is 0 Å². The van der Waals surface area contributed by atoms with Gasteiger partial charge in [0.25, 0.3) is 0 Å². The molecule has 0 radical (unpaired) electrons. The summed E-state index contributed by atoms with van der Waals surface area (Å²) < 4.78 is 0. The van der Waals surface area contributed by atoms with Gasteiger partial charge in [0.15, 0.2) is 0 Å². The molecule has 0 unspecified atom stereocenters. The summed E-state index contributed by atoms with van der Waals surface area (Å²) in [7, 11) is 0. The summed E-state index contributed by atoms with van der Waals surface area (Å²) in [5, 5.41) is 4.06. The molecular formula is C11H21N3. The van der Waals surface area contributed by atoms with Gasteiger partial charge in [-0.1, -0.05) is 32.8 Å². The first-order valence-electron chi connectivity index (χ1n) is 5.49. The van der Waals surface area contributed by atoms with Gasteiger partial charge in [-0.2, -0.15) is 0 Å². The average Bonchev–Trinajstić information content (AvgIpc) is 2.00. The van der Waals surface area contributed by atoms with Crippen LogP contribution < -0.4 is 0 Å². The quantitative estimate of drug-likeness (QED) is 0.358. The first kappa shape index (κ1) is 11.4. The molecule has 1 aliphatic rings. The molecule has 0 saturated heterocycles. The van der Waals surface area contributed by atoms with Crippen LogP contribution in [0.4, 0.5) is 0 Å². The molecule has 1 rings (SSSR count). The summed E-state index contributed by atoms with van der Waals surface area (Å²) >= 11 is 0. The molecule has 0 bridgehead atoms. The average molecular weight is 195 g/mol. The molecule has 1 fully saturated rings. The molecule has 0 amide bonds. The molecule has 0 N–H and O–H groups in total. The van der Waals surface area contributed by atoms with Crippen molar-refractivity contribution in [3.05, 3.63) is 10.4 Å². The van der Waals surface area contributed by atoms with Crippen LogP contribution in [-0.2, 0) is 0 Å². The van der Waals surface area contributed by atoms with Crippen LogP contribution in [0.5, 0.6) is 0 Å². The lowest BCUT2D eigenvalue weighted by atomic mass is 9.64. The van der Waals surface area contributed by atoms with Crippen LogP contribution in [0.1, 0.15) is 53.4 Å². The largest absolute Gasteiger partial charge is 0.0872 e. The predicted molar refractivity (Wildman–Crippen MR) is 59.0 cm³/mol. The van der Waals surface area contributed by atoms with E-state index in [0.717, 1.165) is 19.3 Å². The Balaban J connectivity index is 2.91. The van der Waals surface area contributed by atoms with Gasteiger partial charge in [-0.15, -0.1) is 0 Å². The van der Waals surface area contributed by atoms with E-state index in [2.05, 4.69) is 37.7 Å². The van der Waals surface area contributed by atoms with Crippen molar-refractivity contribution >= 4 is 0 Å². The molecule has 0 spiro atoms. The molecule has 1 saturated carbocycles. The highest BCUT2D eigenvalue weighted by Crippen LogP contribution is 2.47. The van der Waals surface area contributed by atoms with E-state index in [-0.39, 0.29) is 5.54 Å². The minimum absolute atomic E-state index is 0.115. The molecule has 3 heteroatoms. The van der Waals surface area contributed by atoms with Gasteiger partial charge in [0.05, 0.1) is 0 Å². The van der Waals surface area contributed by atoms with Crippen molar-refractivity contribution in [1.29, 1.82) is 0 Å². The van der Waals surface area contributed by atoms with Crippen molar-refractivity contribution in [2.24, 2.45) is 16.4 Å². The lowest BCUT2D eigenvalue weighted by molar-refractivity contribution is 0.105. The number of nitrogens with zero attached hydrogens (tertiary/aromatic N) is 3. The summed E-state index contributed by atoms with van der Waals surface area (Å²) in [5.41, 5.74) is 8.84. The molecule has 3 nitrogen and oxygen atoms in total. The second kappa shape index (κ2) is 3.82. The highest BCUT2D eigenvalue weighted by atomic mass is 15.2. The zero-order chi connectivity index (χ0) is 10.8. The summed E-state index contributed by atoms with van der Waals surface area (Å²) in [6, 6.07) is 0. The van der Waals surface area contributed by atoms with Crippen LogP contribution in [-0.4, -0.2) is 5.54 Å². The summed E-state index contributed by atoms with van der Waals surface area (Å²) in [6.45, 7) is 8.95. The van der Waals surface area contributed by atoms with Crippen LogP contribution in [0.15, 0.2) is 5.11 Å². The Morgan fingerprint density at radius 2 is 2.07 bits per heavy atom. The summed E-state index contributed by atoms with van der Waals surface area (Å²) in [6.07, 6.45) is 4.29. The van der Waals surface area contributed by atoms with Crippen molar-refractivity contribution < 1.29 is 0 Å². The minimum atomic E-state index is -0.115. The van der Waals surface area contributed by atoms with E-state index < -0.39 is 0 Å². The maximum Gasteiger partial charge on any atom is 0.0493 e. The second-order valence-corrected chi connectivity index (χ2v) is 5.62. The van der Waals surface area contributed by atoms with Gasteiger partial charge in [0, 0.05) is 10.5 Å². The molecule has 0 heterocycles. The van der Waals surface area contributed by atoms with Crippen LogP contribution >= 0.6 is 0 Å². The number of rotatable bonds is 2. The van der Waals surface area contributed by atoms with Crippen LogP contribution in [0.25, 0.3) is 10.4 Å². The van der Waals surface area contributed by atoms with E-state index in [1.165, 1.54) is 6.42 Å². The zero-order valence-corrected chi connectivity index (χ0v) is 9.75. The molecule has 14 heavy (non-hydrogen) atoms. The van der Waals surface area contributed by atoms with Crippen molar-refractivity contribution in [3.8, 4) is 0 Å². The fraction of sp³-hybridized carbons (Fsp3) is 1.00. The fourth-order valence-corrected chi connectivity index (χ4v) is 3.21. The standard InChI is InChI=1S/C11H21N3/c1-5-11(13-14-12)7-9(2)6-10(3,4)8-11/h9H,5-8H2,1-4H3/t9-,11-/m0/s1. The van der Waals surface area contributed by atoms with Crippen molar-refractivity contribution in [1.82, 2.24) is 0 Å². The highest BCUT2D eigenvalue weighted by molar-refractivity contribution is 4.98. The molecule has 0 aromatic heterocycles. The third-order valence-corrected chi connectivity index (χ3v) is 3.35. The lowest BCUT2D eigenvalue weighted by Crippen LogP contribution is -2.39. The third kappa shape index (κ3) is 2.42. The Kier molecular flexibility index (Phi) is 3.10. The first-order valence-corrected chi connectivity index (χ1v) is 5.49. The van der Waals surface area contributed by atoms with Gasteiger partial charge in [0.1, 0.15) is 0 Å². The Labute approximate surface area is 86.5 Å². The SMILES string of the molecule is CC[C@]1(N=[N+]=[N-])C[C@@H](C)CC(C)(C)C1. The predicted octanol–water partition coefficient (Wildman–Crippen LogP) is 4.29. The van der Waals surface area contributed by atoms with E-state index in [1.807, 2.05) is 0 Å².